The smallest absolute Gasteiger partial charge is 0.416 e. The fraction of sp³-hybridized carbons (Fsp3) is 0.484. The Kier molecular flexibility index (Phi) is 8.43. The first kappa shape index (κ1) is 32.1. The van der Waals surface area contributed by atoms with Gasteiger partial charge in [0.2, 0.25) is 0 Å². The summed E-state index contributed by atoms with van der Waals surface area (Å²) in [5.74, 6) is -0.208. The predicted octanol–water partition coefficient (Wildman–Crippen LogP) is 7.77. The number of likely N-dealkylation sites (tertiary alicyclic amines) is 1. The monoisotopic (exact) mass is 651 g/mol. The van der Waals surface area contributed by atoms with Crippen LogP contribution in [0.2, 0.25) is 0 Å². The number of hydrogen-bond acceptors (Lipinski definition) is 7. The lowest BCUT2D eigenvalue weighted by Crippen LogP contribution is -2.41. The molecule has 2 aliphatic rings. The number of aromatic nitrogens is 1. The lowest BCUT2D eigenvalue weighted by atomic mass is 9.75. The largest absolute Gasteiger partial charge is 0.487 e. The molecule has 0 unspecified atom stereocenters. The molecule has 3 heterocycles. The van der Waals surface area contributed by atoms with Gasteiger partial charge in [0.15, 0.2) is 5.13 Å². The molecule has 0 saturated carbocycles. The number of ether oxygens (including phenoxy) is 2. The number of carbonyl (C=O) groups excluding carboxylic acids is 1. The first-order valence-corrected chi connectivity index (χ1v) is 16.7. The number of alkyl halides is 3. The number of amides is 1. The normalized spacial score (nSPS) is 19.2. The second-order valence-corrected chi connectivity index (χ2v) is 15.4. The van der Waals surface area contributed by atoms with Crippen LogP contribution in [0.15, 0.2) is 52.9 Å². The van der Waals surface area contributed by atoms with Crippen LogP contribution in [0, 0.1) is 0 Å². The molecule has 2 aromatic carbocycles. The van der Waals surface area contributed by atoms with Crippen LogP contribution in [0.5, 0.6) is 5.75 Å². The summed E-state index contributed by atoms with van der Waals surface area (Å²) in [5, 5.41) is 1.89. The molecule has 1 atom stereocenters. The second-order valence-electron chi connectivity index (χ2n) is 12.8. The molecule has 2 aliphatic heterocycles. The molecule has 0 spiro atoms. The SMILES string of the molecule is CC(C)(C)OC(=O)N1CCC(c2cc(C(F)(F)F)ccc2[C@@H]2CC(C)(C)Oc3cc(S(=O)(=O)Nc4nccs4)ccc32)CC1. The molecule has 1 N–H and O–H groups in total. The van der Waals surface area contributed by atoms with Gasteiger partial charge in [-0.25, -0.2) is 18.2 Å². The van der Waals surface area contributed by atoms with E-state index >= 15 is 0 Å². The van der Waals surface area contributed by atoms with Crippen molar-refractivity contribution in [1.82, 2.24) is 9.88 Å². The van der Waals surface area contributed by atoms with Crippen LogP contribution in [0.4, 0.5) is 23.1 Å². The third-order valence-corrected chi connectivity index (χ3v) is 9.94. The third kappa shape index (κ3) is 7.14. The predicted molar refractivity (Wildman–Crippen MR) is 162 cm³/mol. The molecule has 1 fully saturated rings. The molecule has 3 aromatic rings. The van der Waals surface area contributed by atoms with Crippen molar-refractivity contribution in [3.8, 4) is 5.75 Å². The standard InChI is InChI=1S/C31H36F3N3O5S2/c1-29(2,3)42-28(38)37-13-10-19(11-14-37)24-16-20(31(32,33)34)6-8-22(24)25-18-30(4,5)41-26-17-21(7-9-23(25)26)44(39,40)36-27-35-12-15-43-27/h6-9,12,15-17,19,25H,10-11,13-14,18H2,1-5H3,(H,35,36)/t25-/m0/s1. The van der Waals surface area contributed by atoms with E-state index in [4.69, 9.17) is 9.47 Å². The van der Waals surface area contributed by atoms with Gasteiger partial charge in [0.25, 0.3) is 10.0 Å². The summed E-state index contributed by atoms with van der Waals surface area (Å²) in [6.07, 6.45) is -2.03. The first-order chi connectivity index (χ1) is 20.4. The number of nitrogens with one attached hydrogen (secondary N) is 1. The molecule has 8 nitrogen and oxygen atoms in total. The third-order valence-electron chi connectivity index (χ3n) is 7.78. The van der Waals surface area contributed by atoms with Crippen molar-refractivity contribution in [2.24, 2.45) is 0 Å². The average Bonchev–Trinajstić information content (AvgIpc) is 3.42. The first-order valence-electron chi connectivity index (χ1n) is 14.4. The van der Waals surface area contributed by atoms with Crippen LogP contribution < -0.4 is 9.46 Å². The second kappa shape index (κ2) is 11.6. The van der Waals surface area contributed by atoms with E-state index in [1.54, 1.807) is 43.2 Å². The number of thiazole rings is 1. The Hall–Kier alpha value is -3.32. The molecule has 1 aromatic heterocycles. The minimum Gasteiger partial charge on any atom is -0.487 e. The summed E-state index contributed by atoms with van der Waals surface area (Å²) in [4.78, 5) is 18.2. The minimum atomic E-state index is -4.52. The Labute approximate surface area is 259 Å². The fourth-order valence-electron chi connectivity index (χ4n) is 5.85. The van der Waals surface area contributed by atoms with Crippen LogP contribution in [0.1, 0.15) is 88.0 Å². The van der Waals surface area contributed by atoms with Crippen molar-refractivity contribution < 1.29 is 35.9 Å². The lowest BCUT2D eigenvalue weighted by Gasteiger charge is -2.40. The number of piperidine rings is 1. The molecule has 0 radical (unpaired) electrons. The highest BCUT2D eigenvalue weighted by atomic mass is 32.2. The van der Waals surface area contributed by atoms with Gasteiger partial charge in [0, 0.05) is 42.2 Å². The number of nitrogens with zero attached hydrogens (tertiary/aromatic N) is 2. The van der Waals surface area contributed by atoms with Crippen LogP contribution in [-0.2, 0) is 20.9 Å². The van der Waals surface area contributed by atoms with Crippen molar-refractivity contribution >= 4 is 32.6 Å². The van der Waals surface area contributed by atoms with Crippen molar-refractivity contribution in [3.63, 3.8) is 0 Å². The van der Waals surface area contributed by atoms with Gasteiger partial charge in [-0.1, -0.05) is 12.1 Å². The summed E-state index contributed by atoms with van der Waals surface area (Å²) in [6, 6.07) is 8.51. The van der Waals surface area contributed by atoms with Gasteiger partial charge in [0.1, 0.15) is 17.0 Å². The Morgan fingerprint density at radius 1 is 1.07 bits per heavy atom. The quantitative estimate of drug-likeness (QED) is 0.303. The molecule has 44 heavy (non-hydrogen) atoms. The summed E-state index contributed by atoms with van der Waals surface area (Å²) >= 11 is 1.15. The zero-order chi connectivity index (χ0) is 32.1. The van der Waals surface area contributed by atoms with Crippen LogP contribution in [0.3, 0.4) is 0 Å². The molecule has 1 amide bonds. The number of anilines is 1. The number of hydrogen-bond donors (Lipinski definition) is 1. The maximum Gasteiger partial charge on any atom is 0.416 e. The topological polar surface area (TPSA) is 97.8 Å². The Morgan fingerprint density at radius 2 is 1.75 bits per heavy atom. The van der Waals surface area contributed by atoms with E-state index in [-0.39, 0.29) is 21.9 Å². The molecule has 5 rings (SSSR count). The fourth-order valence-corrected chi connectivity index (χ4v) is 7.65. The average molecular weight is 652 g/mol. The van der Waals surface area contributed by atoms with E-state index in [2.05, 4.69) is 9.71 Å². The lowest BCUT2D eigenvalue weighted by molar-refractivity contribution is -0.137. The van der Waals surface area contributed by atoms with E-state index in [0.29, 0.717) is 49.2 Å². The summed E-state index contributed by atoms with van der Waals surface area (Å²) < 4.78 is 82.2. The number of sulfonamides is 1. The van der Waals surface area contributed by atoms with Gasteiger partial charge in [-0.15, -0.1) is 11.3 Å². The van der Waals surface area contributed by atoms with Gasteiger partial charge in [-0.05, 0) is 89.1 Å². The number of rotatable bonds is 5. The molecule has 238 valence electrons. The van der Waals surface area contributed by atoms with Crippen LogP contribution in [0.25, 0.3) is 0 Å². The van der Waals surface area contributed by atoms with Gasteiger partial charge in [0.05, 0.1) is 10.5 Å². The minimum absolute atomic E-state index is 0.00921. The van der Waals surface area contributed by atoms with E-state index in [1.165, 1.54) is 24.4 Å². The molecule has 0 aliphatic carbocycles. The molecular formula is C31H36F3N3O5S2. The van der Waals surface area contributed by atoms with Gasteiger partial charge >= 0.3 is 12.3 Å². The molecular weight excluding hydrogens is 615 g/mol. The zero-order valence-corrected chi connectivity index (χ0v) is 26.8. The summed E-state index contributed by atoms with van der Waals surface area (Å²) in [7, 11) is -3.96. The van der Waals surface area contributed by atoms with Gasteiger partial charge in [-0.2, -0.15) is 13.2 Å². The number of benzene rings is 2. The van der Waals surface area contributed by atoms with Crippen LogP contribution in [-0.4, -0.2) is 48.7 Å². The molecule has 1 saturated heterocycles. The van der Waals surface area contributed by atoms with Gasteiger partial charge in [-0.3, -0.25) is 4.72 Å². The highest BCUT2D eigenvalue weighted by Crippen LogP contribution is 2.48. The highest BCUT2D eigenvalue weighted by Gasteiger charge is 2.39. The van der Waals surface area contributed by atoms with Gasteiger partial charge < -0.3 is 14.4 Å². The number of fused-ring (bicyclic) bond motifs is 1. The van der Waals surface area contributed by atoms with E-state index in [1.807, 2.05) is 13.8 Å². The van der Waals surface area contributed by atoms with Crippen molar-refractivity contribution in [1.29, 1.82) is 0 Å². The summed E-state index contributed by atoms with van der Waals surface area (Å²) in [6.45, 7) is 9.83. The maximum atomic E-state index is 13.9. The van der Waals surface area contributed by atoms with Crippen molar-refractivity contribution in [3.05, 3.63) is 70.2 Å². The summed E-state index contributed by atoms with van der Waals surface area (Å²) in [5.41, 5.74) is -0.0938. The molecule has 0 bridgehead atoms. The maximum absolute atomic E-state index is 13.9. The highest BCUT2D eigenvalue weighted by molar-refractivity contribution is 7.93. The van der Waals surface area contributed by atoms with Crippen LogP contribution >= 0.6 is 11.3 Å². The van der Waals surface area contributed by atoms with E-state index < -0.39 is 39.1 Å². The molecule has 13 heteroatoms. The van der Waals surface area contributed by atoms with Crippen molar-refractivity contribution in [2.45, 2.75) is 88.0 Å². The van der Waals surface area contributed by atoms with E-state index in [0.717, 1.165) is 23.0 Å². The zero-order valence-electron chi connectivity index (χ0n) is 25.2. The Balaban J connectivity index is 1.50. The van der Waals surface area contributed by atoms with Crippen molar-refractivity contribution in [2.75, 3.05) is 17.8 Å². The van der Waals surface area contributed by atoms with E-state index in [9.17, 15) is 26.4 Å². The number of carbonyl (C=O) groups is 1. The Morgan fingerprint density at radius 3 is 2.36 bits per heavy atom. The Bertz CT molecular complexity index is 1630. The number of halogens is 3.